The maximum absolute atomic E-state index is 12.2. The minimum atomic E-state index is -0.205. The van der Waals surface area contributed by atoms with E-state index in [4.69, 9.17) is 11.6 Å². The number of thioether (sulfide) groups is 1. The Bertz CT molecular complexity index is 643. The van der Waals surface area contributed by atoms with Gasteiger partial charge in [0.1, 0.15) is 5.82 Å². The first-order valence-electron chi connectivity index (χ1n) is 6.62. The Balaban J connectivity index is 2.00. The molecule has 0 radical (unpaired) electrons. The van der Waals surface area contributed by atoms with Crippen molar-refractivity contribution in [2.24, 2.45) is 0 Å². The lowest BCUT2D eigenvalue weighted by Crippen LogP contribution is -2.22. The zero-order chi connectivity index (χ0) is 15.4. The maximum Gasteiger partial charge on any atom is 0.238 e. The van der Waals surface area contributed by atoms with Gasteiger partial charge in [0.05, 0.1) is 10.3 Å². The number of hydrogen-bond acceptors (Lipinski definition) is 3. The van der Waals surface area contributed by atoms with Crippen molar-refractivity contribution in [1.82, 2.24) is 4.98 Å². The summed E-state index contributed by atoms with van der Waals surface area (Å²) in [7, 11) is 0. The lowest BCUT2D eigenvalue weighted by Gasteiger charge is -2.13. The van der Waals surface area contributed by atoms with Crippen LogP contribution >= 0.6 is 23.4 Å². The van der Waals surface area contributed by atoms with Crippen LogP contribution in [0.3, 0.4) is 0 Å². The van der Waals surface area contributed by atoms with Crippen LogP contribution in [0.15, 0.2) is 41.4 Å². The molecule has 1 amide bonds. The SMILES string of the molecule is Cc1ccc(S[C@H](C)C(=O)Nc2ccc(Cl)cn2)c(C)c1. The van der Waals surface area contributed by atoms with Gasteiger partial charge in [-0.3, -0.25) is 4.79 Å². The number of amides is 1. The van der Waals surface area contributed by atoms with E-state index >= 15 is 0 Å². The Morgan fingerprint density at radius 1 is 1.29 bits per heavy atom. The second-order valence-electron chi connectivity index (χ2n) is 4.88. The molecule has 0 saturated carbocycles. The third kappa shape index (κ3) is 4.48. The van der Waals surface area contributed by atoms with E-state index in [0.29, 0.717) is 10.8 Å². The van der Waals surface area contributed by atoms with Crippen molar-refractivity contribution in [2.45, 2.75) is 30.9 Å². The van der Waals surface area contributed by atoms with E-state index in [1.165, 1.54) is 17.3 Å². The van der Waals surface area contributed by atoms with Gasteiger partial charge in [-0.15, -0.1) is 11.8 Å². The Kier molecular flexibility index (Phi) is 5.26. The summed E-state index contributed by atoms with van der Waals surface area (Å²) in [5.74, 6) is 0.437. The number of aromatic nitrogens is 1. The molecule has 1 N–H and O–H groups in total. The largest absolute Gasteiger partial charge is 0.310 e. The van der Waals surface area contributed by atoms with Gasteiger partial charge in [-0.05, 0) is 44.5 Å². The fraction of sp³-hybridized carbons (Fsp3) is 0.250. The van der Waals surface area contributed by atoms with Gasteiger partial charge in [0, 0.05) is 11.1 Å². The average Bonchev–Trinajstić information content (AvgIpc) is 2.44. The van der Waals surface area contributed by atoms with Gasteiger partial charge in [-0.1, -0.05) is 29.3 Å². The molecule has 0 unspecified atom stereocenters. The number of carbonyl (C=O) groups excluding carboxylic acids is 1. The zero-order valence-electron chi connectivity index (χ0n) is 12.2. The summed E-state index contributed by atoms with van der Waals surface area (Å²) >= 11 is 7.31. The van der Waals surface area contributed by atoms with E-state index in [9.17, 15) is 4.79 Å². The van der Waals surface area contributed by atoms with Crippen LogP contribution in [0.4, 0.5) is 5.82 Å². The highest BCUT2D eigenvalue weighted by atomic mass is 35.5. The molecule has 0 saturated heterocycles. The Hall–Kier alpha value is -1.52. The normalized spacial score (nSPS) is 12.0. The Labute approximate surface area is 134 Å². The number of hydrogen-bond donors (Lipinski definition) is 1. The zero-order valence-corrected chi connectivity index (χ0v) is 13.8. The van der Waals surface area contributed by atoms with Crippen LogP contribution in [0.1, 0.15) is 18.1 Å². The molecule has 2 aromatic rings. The number of benzene rings is 1. The fourth-order valence-corrected chi connectivity index (χ4v) is 2.90. The summed E-state index contributed by atoms with van der Waals surface area (Å²) in [4.78, 5) is 17.4. The van der Waals surface area contributed by atoms with Gasteiger partial charge in [0.2, 0.25) is 5.91 Å². The maximum atomic E-state index is 12.2. The summed E-state index contributed by atoms with van der Waals surface area (Å²) in [6.45, 7) is 6.00. The number of nitrogens with one attached hydrogen (secondary N) is 1. The van der Waals surface area contributed by atoms with E-state index in [1.54, 1.807) is 23.9 Å². The van der Waals surface area contributed by atoms with Gasteiger partial charge >= 0.3 is 0 Å². The van der Waals surface area contributed by atoms with Crippen molar-refractivity contribution in [1.29, 1.82) is 0 Å². The van der Waals surface area contributed by atoms with Crippen LogP contribution in [0.25, 0.3) is 0 Å². The highest BCUT2D eigenvalue weighted by molar-refractivity contribution is 8.00. The first-order chi connectivity index (χ1) is 9.95. The Morgan fingerprint density at radius 3 is 2.67 bits per heavy atom. The topological polar surface area (TPSA) is 42.0 Å². The summed E-state index contributed by atoms with van der Waals surface area (Å²) in [5.41, 5.74) is 2.41. The lowest BCUT2D eigenvalue weighted by molar-refractivity contribution is -0.115. The monoisotopic (exact) mass is 320 g/mol. The fourth-order valence-electron chi connectivity index (χ4n) is 1.85. The summed E-state index contributed by atoms with van der Waals surface area (Å²) in [6.07, 6.45) is 1.51. The van der Waals surface area contributed by atoms with Crippen molar-refractivity contribution in [3.8, 4) is 0 Å². The predicted octanol–water partition coefficient (Wildman–Crippen LogP) is 4.47. The predicted molar refractivity (Wildman–Crippen MR) is 89.1 cm³/mol. The van der Waals surface area contributed by atoms with Gasteiger partial charge in [-0.2, -0.15) is 0 Å². The van der Waals surface area contributed by atoms with Gasteiger partial charge in [0.25, 0.3) is 0 Å². The third-order valence-electron chi connectivity index (χ3n) is 2.98. The Morgan fingerprint density at radius 2 is 2.05 bits per heavy atom. The number of nitrogens with zero attached hydrogens (tertiary/aromatic N) is 1. The van der Waals surface area contributed by atoms with Crippen molar-refractivity contribution < 1.29 is 4.79 Å². The molecule has 0 spiro atoms. The summed E-state index contributed by atoms with van der Waals surface area (Å²) in [6, 6.07) is 9.62. The van der Waals surface area contributed by atoms with Crippen LogP contribution in [0.5, 0.6) is 0 Å². The molecule has 0 bridgehead atoms. The van der Waals surface area contributed by atoms with Crippen molar-refractivity contribution in [3.63, 3.8) is 0 Å². The number of rotatable bonds is 4. The molecule has 0 aliphatic heterocycles. The second kappa shape index (κ2) is 6.96. The summed E-state index contributed by atoms with van der Waals surface area (Å²) < 4.78 is 0. The molecule has 0 aliphatic carbocycles. The molecule has 1 atom stereocenters. The lowest BCUT2D eigenvalue weighted by atomic mass is 10.2. The molecule has 1 aromatic carbocycles. The van der Waals surface area contributed by atoms with Gasteiger partial charge in [-0.25, -0.2) is 4.98 Å². The highest BCUT2D eigenvalue weighted by Crippen LogP contribution is 2.27. The van der Waals surface area contributed by atoms with E-state index in [-0.39, 0.29) is 11.2 Å². The van der Waals surface area contributed by atoms with Crippen molar-refractivity contribution in [2.75, 3.05) is 5.32 Å². The second-order valence-corrected chi connectivity index (χ2v) is 6.70. The summed E-state index contributed by atoms with van der Waals surface area (Å²) in [5, 5.41) is 3.13. The molecule has 3 nitrogen and oxygen atoms in total. The highest BCUT2D eigenvalue weighted by Gasteiger charge is 2.16. The molecule has 110 valence electrons. The molecule has 0 aliphatic rings. The molecular formula is C16H17ClN2OS. The average molecular weight is 321 g/mol. The van der Waals surface area contributed by atoms with Crippen LogP contribution in [0.2, 0.25) is 5.02 Å². The van der Waals surface area contributed by atoms with Crippen LogP contribution in [0, 0.1) is 13.8 Å². The van der Waals surface area contributed by atoms with E-state index in [2.05, 4.69) is 42.3 Å². The number of halogens is 1. The van der Waals surface area contributed by atoms with Crippen LogP contribution in [-0.4, -0.2) is 16.1 Å². The van der Waals surface area contributed by atoms with Crippen molar-refractivity contribution >= 4 is 35.1 Å². The van der Waals surface area contributed by atoms with Crippen molar-refractivity contribution in [3.05, 3.63) is 52.7 Å². The molecule has 1 aromatic heterocycles. The van der Waals surface area contributed by atoms with E-state index in [0.717, 1.165) is 4.90 Å². The molecular weight excluding hydrogens is 304 g/mol. The number of pyridine rings is 1. The van der Waals surface area contributed by atoms with Crippen LogP contribution < -0.4 is 5.32 Å². The molecule has 5 heteroatoms. The quantitative estimate of drug-likeness (QED) is 0.845. The minimum absolute atomic E-state index is 0.0743. The standard InChI is InChI=1S/C16H17ClN2OS/c1-10-4-6-14(11(2)8-10)21-12(3)16(20)19-15-7-5-13(17)9-18-15/h4-9,12H,1-3H3,(H,18,19,20)/t12-/m1/s1. The first-order valence-corrected chi connectivity index (χ1v) is 7.88. The first kappa shape index (κ1) is 15.9. The number of aryl methyl sites for hydroxylation is 2. The number of anilines is 1. The molecule has 0 fully saturated rings. The van der Waals surface area contributed by atoms with Crippen LogP contribution in [-0.2, 0) is 4.79 Å². The van der Waals surface area contributed by atoms with Gasteiger partial charge < -0.3 is 5.32 Å². The smallest absolute Gasteiger partial charge is 0.238 e. The minimum Gasteiger partial charge on any atom is -0.310 e. The molecule has 2 rings (SSSR count). The van der Waals surface area contributed by atoms with Gasteiger partial charge in [0.15, 0.2) is 0 Å². The molecule has 21 heavy (non-hydrogen) atoms. The van der Waals surface area contributed by atoms with E-state index < -0.39 is 0 Å². The molecule has 1 heterocycles. The number of carbonyl (C=O) groups is 1. The van der Waals surface area contributed by atoms with E-state index in [1.807, 2.05) is 6.92 Å². The third-order valence-corrected chi connectivity index (χ3v) is 4.49.